The van der Waals surface area contributed by atoms with Crippen LogP contribution in [-0.4, -0.2) is 48.0 Å². The molecule has 0 radical (unpaired) electrons. The summed E-state index contributed by atoms with van der Waals surface area (Å²) in [6.45, 7) is -0.433. The summed E-state index contributed by atoms with van der Waals surface area (Å²) in [7, 11) is -4.07. The number of nitrogens with one attached hydrogen (secondary N) is 3. The normalized spacial score (nSPS) is 11.9. The molecule has 1 aromatic heterocycles. The molecule has 37 heavy (non-hydrogen) atoms. The third-order valence-corrected chi connectivity index (χ3v) is 6.77. The highest BCUT2D eigenvalue weighted by Crippen LogP contribution is 2.24. The molecule has 11 heteroatoms. The standard InChI is InChI=1S/C26H23N5O5S/c32-24(29-17-23(25(33)34)31-37(35,36)22-8-2-1-3-9-22)19-12-10-18(11-13-19)20-6-4-7-21(16-20)30-26-27-14-5-15-28-26/h1-16,23,31H,17H2,(H,29,32)(H,33,34)(H,27,28,30). The van der Waals surface area contributed by atoms with Crippen LogP contribution in [0.25, 0.3) is 11.1 Å². The Morgan fingerprint density at radius 2 is 1.54 bits per heavy atom. The zero-order valence-electron chi connectivity index (χ0n) is 19.4. The lowest BCUT2D eigenvalue weighted by molar-refractivity contribution is -0.138. The first-order chi connectivity index (χ1) is 17.8. The summed E-state index contributed by atoms with van der Waals surface area (Å²) in [4.78, 5) is 32.4. The highest BCUT2D eigenvalue weighted by atomic mass is 32.2. The Hall–Kier alpha value is -4.61. The Bertz CT molecular complexity index is 1480. The Balaban J connectivity index is 1.39. The van der Waals surface area contributed by atoms with Crippen molar-refractivity contribution in [3.63, 3.8) is 0 Å². The van der Waals surface area contributed by atoms with Crippen molar-refractivity contribution in [2.24, 2.45) is 0 Å². The second-order valence-corrected chi connectivity index (χ2v) is 9.60. The van der Waals surface area contributed by atoms with E-state index in [0.717, 1.165) is 16.8 Å². The van der Waals surface area contributed by atoms with Crippen molar-refractivity contribution in [2.45, 2.75) is 10.9 Å². The van der Waals surface area contributed by atoms with Crippen molar-refractivity contribution >= 4 is 33.5 Å². The second kappa shape index (κ2) is 11.4. The Kier molecular flexibility index (Phi) is 7.86. The predicted octanol–water partition coefficient (Wildman–Crippen LogP) is 3.05. The summed E-state index contributed by atoms with van der Waals surface area (Å²) in [5.74, 6) is -1.48. The third kappa shape index (κ3) is 6.75. The van der Waals surface area contributed by atoms with Crippen LogP contribution < -0.4 is 15.4 Å². The maximum Gasteiger partial charge on any atom is 0.323 e. The predicted molar refractivity (Wildman–Crippen MR) is 138 cm³/mol. The largest absolute Gasteiger partial charge is 0.480 e. The number of carboxylic acids is 1. The lowest BCUT2D eigenvalue weighted by atomic mass is 10.0. The summed E-state index contributed by atoms with van der Waals surface area (Å²) in [6.07, 6.45) is 3.28. The molecule has 0 aliphatic rings. The van der Waals surface area contributed by atoms with Crippen molar-refractivity contribution in [2.75, 3.05) is 11.9 Å². The Labute approximate surface area is 213 Å². The van der Waals surface area contributed by atoms with E-state index in [1.807, 2.05) is 24.3 Å². The Morgan fingerprint density at radius 1 is 0.838 bits per heavy atom. The molecule has 0 aliphatic carbocycles. The molecule has 1 heterocycles. The highest BCUT2D eigenvalue weighted by Gasteiger charge is 2.26. The number of anilines is 2. The molecule has 1 unspecified atom stereocenters. The molecule has 4 aromatic rings. The van der Waals surface area contributed by atoms with Gasteiger partial charge in [0, 0.05) is 30.2 Å². The van der Waals surface area contributed by atoms with Crippen molar-refractivity contribution in [3.05, 3.63) is 103 Å². The fraction of sp³-hybridized carbons (Fsp3) is 0.0769. The highest BCUT2D eigenvalue weighted by molar-refractivity contribution is 7.89. The van der Waals surface area contributed by atoms with Crippen LogP contribution in [0, 0.1) is 0 Å². The van der Waals surface area contributed by atoms with E-state index >= 15 is 0 Å². The van der Waals surface area contributed by atoms with Gasteiger partial charge in [0.05, 0.1) is 4.90 Å². The topological polar surface area (TPSA) is 150 Å². The molecule has 4 N–H and O–H groups in total. The number of hydrogen-bond donors (Lipinski definition) is 4. The molecule has 0 fully saturated rings. The molecule has 1 amide bonds. The number of rotatable bonds is 10. The molecule has 4 rings (SSSR count). The van der Waals surface area contributed by atoms with Gasteiger partial charge in [-0.3, -0.25) is 9.59 Å². The first-order valence-corrected chi connectivity index (χ1v) is 12.6. The quantitative estimate of drug-likeness (QED) is 0.251. The molecule has 10 nitrogen and oxygen atoms in total. The zero-order valence-corrected chi connectivity index (χ0v) is 20.2. The van der Waals surface area contributed by atoms with E-state index in [0.29, 0.717) is 11.5 Å². The summed E-state index contributed by atoms with van der Waals surface area (Å²) in [5.41, 5.74) is 2.84. The van der Waals surface area contributed by atoms with Crippen LogP contribution in [0.5, 0.6) is 0 Å². The molecule has 0 bridgehead atoms. The van der Waals surface area contributed by atoms with E-state index in [2.05, 4.69) is 25.3 Å². The lowest BCUT2D eigenvalue weighted by Crippen LogP contribution is -2.48. The van der Waals surface area contributed by atoms with Gasteiger partial charge in [0.2, 0.25) is 16.0 Å². The van der Waals surface area contributed by atoms with E-state index < -0.39 is 34.5 Å². The first kappa shape index (κ1) is 25.5. The lowest BCUT2D eigenvalue weighted by Gasteiger charge is -2.16. The number of carbonyl (C=O) groups is 2. The number of hydrogen-bond acceptors (Lipinski definition) is 7. The van der Waals surface area contributed by atoms with E-state index in [-0.39, 0.29) is 4.90 Å². The Morgan fingerprint density at radius 3 is 2.22 bits per heavy atom. The molecule has 0 spiro atoms. The van der Waals surface area contributed by atoms with Gasteiger partial charge in [-0.05, 0) is 53.6 Å². The average molecular weight is 518 g/mol. The minimum atomic E-state index is -4.07. The number of aliphatic carboxylic acids is 1. The number of aromatic nitrogens is 2. The van der Waals surface area contributed by atoms with E-state index in [1.54, 1.807) is 48.8 Å². The second-order valence-electron chi connectivity index (χ2n) is 7.89. The number of carboxylic acid groups (broad SMARTS) is 1. The van der Waals surface area contributed by atoms with Crippen LogP contribution in [0.3, 0.4) is 0 Å². The minimum Gasteiger partial charge on any atom is -0.480 e. The van der Waals surface area contributed by atoms with E-state index in [1.165, 1.54) is 24.3 Å². The number of sulfonamides is 1. The molecule has 0 saturated heterocycles. The maximum absolute atomic E-state index is 12.6. The van der Waals surface area contributed by atoms with Crippen molar-refractivity contribution in [1.82, 2.24) is 20.0 Å². The van der Waals surface area contributed by atoms with E-state index in [4.69, 9.17) is 0 Å². The maximum atomic E-state index is 12.6. The van der Waals surface area contributed by atoms with Gasteiger partial charge in [0.1, 0.15) is 6.04 Å². The summed E-state index contributed by atoms with van der Waals surface area (Å²) in [6, 6.07) is 21.9. The molecule has 3 aromatic carbocycles. The fourth-order valence-corrected chi connectivity index (χ4v) is 4.62. The molecular weight excluding hydrogens is 494 g/mol. The molecular formula is C26H23N5O5S. The van der Waals surface area contributed by atoms with Gasteiger partial charge in [0.15, 0.2) is 0 Å². The number of nitrogens with zero attached hydrogens (tertiary/aromatic N) is 2. The van der Waals surface area contributed by atoms with Crippen LogP contribution >= 0.6 is 0 Å². The van der Waals surface area contributed by atoms with Crippen LogP contribution in [0.1, 0.15) is 10.4 Å². The first-order valence-electron chi connectivity index (χ1n) is 11.1. The number of amides is 1. The fourth-order valence-electron chi connectivity index (χ4n) is 3.41. The van der Waals surface area contributed by atoms with Crippen LogP contribution in [-0.2, 0) is 14.8 Å². The van der Waals surface area contributed by atoms with Gasteiger partial charge >= 0.3 is 5.97 Å². The number of benzene rings is 3. The smallest absolute Gasteiger partial charge is 0.323 e. The van der Waals surface area contributed by atoms with Crippen molar-refractivity contribution in [1.29, 1.82) is 0 Å². The third-order valence-electron chi connectivity index (χ3n) is 5.28. The molecule has 0 saturated carbocycles. The van der Waals surface area contributed by atoms with Crippen molar-refractivity contribution in [3.8, 4) is 11.1 Å². The molecule has 1 atom stereocenters. The minimum absolute atomic E-state index is 0.0706. The SMILES string of the molecule is O=C(NCC(NS(=O)(=O)c1ccccc1)C(=O)O)c1ccc(-c2cccc(Nc3ncccn3)c2)cc1. The summed E-state index contributed by atoms with van der Waals surface area (Å²) in [5, 5.41) is 15.1. The van der Waals surface area contributed by atoms with Crippen LogP contribution in [0.4, 0.5) is 11.6 Å². The van der Waals surface area contributed by atoms with Gasteiger partial charge in [-0.2, -0.15) is 4.72 Å². The molecule has 188 valence electrons. The zero-order chi connectivity index (χ0) is 26.3. The van der Waals surface area contributed by atoms with Crippen LogP contribution in [0.2, 0.25) is 0 Å². The van der Waals surface area contributed by atoms with Gasteiger partial charge in [0.25, 0.3) is 5.91 Å². The number of carbonyl (C=O) groups excluding carboxylic acids is 1. The van der Waals surface area contributed by atoms with Gasteiger partial charge in [-0.15, -0.1) is 0 Å². The monoisotopic (exact) mass is 517 g/mol. The summed E-state index contributed by atoms with van der Waals surface area (Å²) >= 11 is 0. The molecule has 0 aliphatic heterocycles. The average Bonchev–Trinajstić information content (AvgIpc) is 2.92. The van der Waals surface area contributed by atoms with Gasteiger partial charge in [-0.25, -0.2) is 18.4 Å². The van der Waals surface area contributed by atoms with Gasteiger partial charge < -0.3 is 15.7 Å². The van der Waals surface area contributed by atoms with Crippen molar-refractivity contribution < 1.29 is 23.1 Å². The van der Waals surface area contributed by atoms with E-state index in [9.17, 15) is 23.1 Å². The van der Waals surface area contributed by atoms with Gasteiger partial charge in [-0.1, -0.05) is 42.5 Å². The summed E-state index contributed by atoms with van der Waals surface area (Å²) < 4.78 is 27.0. The van der Waals surface area contributed by atoms with Crippen LogP contribution in [0.15, 0.2) is 102 Å².